The van der Waals surface area contributed by atoms with Gasteiger partial charge in [-0.3, -0.25) is 4.79 Å². The summed E-state index contributed by atoms with van der Waals surface area (Å²) in [5.41, 5.74) is 0. The lowest BCUT2D eigenvalue weighted by molar-refractivity contribution is -0.122. The first-order valence-corrected chi connectivity index (χ1v) is 9.25. The lowest BCUT2D eigenvalue weighted by atomic mass is 9.96. The number of hydrogen-bond donors (Lipinski definition) is 0. The van der Waals surface area contributed by atoms with E-state index in [-0.39, 0.29) is 0 Å². The Labute approximate surface area is 127 Å². The number of hydrogen-bond acceptors (Lipinski definition) is 1. The molecular weight excluding hydrogens is 244 g/mol. The van der Waals surface area contributed by atoms with E-state index in [4.69, 9.17) is 0 Å². The summed E-state index contributed by atoms with van der Waals surface area (Å²) in [7, 11) is 0. The number of unbranched alkanes of at least 4 members (excludes halogenated alkanes) is 11. The first-order valence-electron chi connectivity index (χ1n) is 9.25. The van der Waals surface area contributed by atoms with E-state index in [9.17, 15) is 4.79 Å². The van der Waals surface area contributed by atoms with Crippen LogP contribution in [0.4, 0.5) is 0 Å². The Morgan fingerprint density at radius 1 is 0.700 bits per heavy atom. The van der Waals surface area contributed by atoms with Crippen LogP contribution in [0.1, 0.15) is 111 Å². The maximum atomic E-state index is 11.4. The van der Waals surface area contributed by atoms with Gasteiger partial charge in [0.05, 0.1) is 0 Å². The molecule has 0 aromatic heterocycles. The summed E-state index contributed by atoms with van der Waals surface area (Å²) in [6.07, 6.45) is 18.5. The molecule has 0 aliphatic rings. The van der Waals surface area contributed by atoms with Crippen molar-refractivity contribution in [1.82, 2.24) is 0 Å². The second-order valence-corrected chi connectivity index (χ2v) is 6.40. The topological polar surface area (TPSA) is 17.1 Å². The van der Waals surface area contributed by atoms with Crippen molar-refractivity contribution >= 4 is 5.78 Å². The Balaban J connectivity index is 3.11. The molecule has 0 radical (unpaired) electrons. The fourth-order valence-corrected chi connectivity index (χ4v) is 2.80. The van der Waals surface area contributed by atoms with Crippen LogP contribution in [0.25, 0.3) is 0 Å². The molecule has 0 aliphatic heterocycles. The van der Waals surface area contributed by atoms with Gasteiger partial charge in [-0.1, -0.05) is 97.8 Å². The lowest BCUT2D eigenvalue weighted by Crippen LogP contribution is -2.08. The molecular formula is C19H38O. The molecule has 0 aromatic carbocycles. The van der Waals surface area contributed by atoms with E-state index < -0.39 is 0 Å². The van der Waals surface area contributed by atoms with Crippen molar-refractivity contribution < 1.29 is 4.79 Å². The third-order valence-corrected chi connectivity index (χ3v) is 4.39. The van der Waals surface area contributed by atoms with E-state index in [0.717, 1.165) is 6.42 Å². The number of ketones is 1. The first kappa shape index (κ1) is 19.7. The average molecular weight is 283 g/mol. The second kappa shape index (κ2) is 15.1. The summed E-state index contributed by atoms with van der Waals surface area (Å²) < 4.78 is 0. The fraction of sp³-hybridized carbons (Fsp3) is 0.947. The van der Waals surface area contributed by atoms with Crippen LogP contribution in [-0.2, 0) is 4.79 Å². The molecule has 0 heterocycles. The van der Waals surface area contributed by atoms with Crippen LogP contribution in [0.5, 0.6) is 0 Å². The Kier molecular flexibility index (Phi) is 14.8. The minimum atomic E-state index is 0.295. The van der Waals surface area contributed by atoms with E-state index >= 15 is 0 Å². The van der Waals surface area contributed by atoms with Crippen LogP contribution in [0.15, 0.2) is 0 Å². The lowest BCUT2D eigenvalue weighted by Gasteiger charge is -2.08. The zero-order valence-electron chi connectivity index (χ0n) is 14.4. The number of carbonyl (C=O) groups is 1. The standard InChI is InChI=1S/C19H38O/c1-4-6-7-8-9-10-11-12-13-14-15-16-17-18(3)19(20)5-2/h18H,4-17H2,1-3H3. The molecule has 0 aliphatic carbocycles. The highest BCUT2D eigenvalue weighted by atomic mass is 16.1. The van der Waals surface area contributed by atoms with Crippen molar-refractivity contribution in [2.45, 2.75) is 111 Å². The van der Waals surface area contributed by atoms with Crippen LogP contribution < -0.4 is 0 Å². The Morgan fingerprint density at radius 2 is 1.10 bits per heavy atom. The van der Waals surface area contributed by atoms with Gasteiger partial charge in [-0.05, 0) is 6.42 Å². The SMILES string of the molecule is CCCCCCCCCCCCCCC(C)C(=O)CC. The normalized spacial score (nSPS) is 12.6. The Hall–Kier alpha value is -0.330. The highest BCUT2D eigenvalue weighted by molar-refractivity contribution is 5.80. The Morgan fingerprint density at radius 3 is 1.50 bits per heavy atom. The average Bonchev–Trinajstić information content (AvgIpc) is 2.47. The molecule has 0 amide bonds. The van der Waals surface area contributed by atoms with Gasteiger partial charge < -0.3 is 0 Å². The second-order valence-electron chi connectivity index (χ2n) is 6.40. The fourth-order valence-electron chi connectivity index (χ4n) is 2.80. The van der Waals surface area contributed by atoms with Crippen molar-refractivity contribution in [2.24, 2.45) is 5.92 Å². The van der Waals surface area contributed by atoms with Crippen molar-refractivity contribution in [2.75, 3.05) is 0 Å². The largest absolute Gasteiger partial charge is 0.299 e. The zero-order valence-corrected chi connectivity index (χ0v) is 14.4. The van der Waals surface area contributed by atoms with E-state index in [0.29, 0.717) is 18.1 Å². The minimum Gasteiger partial charge on any atom is -0.299 e. The number of rotatable bonds is 15. The Bertz CT molecular complexity index is 210. The summed E-state index contributed by atoms with van der Waals surface area (Å²) in [5, 5.41) is 0. The van der Waals surface area contributed by atoms with Crippen LogP contribution in [0, 0.1) is 5.92 Å². The smallest absolute Gasteiger partial charge is 0.135 e. The minimum absolute atomic E-state index is 0.295. The van der Waals surface area contributed by atoms with E-state index in [2.05, 4.69) is 13.8 Å². The summed E-state index contributed by atoms with van der Waals surface area (Å²) in [6, 6.07) is 0. The quantitative estimate of drug-likeness (QED) is 0.306. The molecule has 1 unspecified atom stereocenters. The van der Waals surface area contributed by atoms with Crippen LogP contribution in [-0.4, -0.2) is 5.78 Å². The van der Waals surface area contributed by atoms with Gasteiger partial charge in [-0.25, -0.2) is 0 Å². The van der Waals surface area contributed by atoms with Crippen molar-refractivity contribution in [1.29, 1.82) is 0 Å². The summed E-state index contributed by atoms with van der Waals surface area (Å²) in [6.45, 7) is 6.34. The van der Waals surface area contributed by atoms with Crippen molar-refractivity contribution in [3.63, 3.8) is 0 Å². The molecule has 0 rings (SSSR count). The molecule has 0 saturated carbocycles. The number of Topliss-reactive ketones (excluding diaryl/α,β-unsaturated/α-hetero) is 1. The monoisotopic (exact) mass is 282 g/mol. The molecule has 20 heavy (non-hydrogen) atoms. The molecule has 0 aromatic rings. The summed E-state index contributed by atoms with van der Waals surface area (Å²) >= 11 is 0. The summed E-state index contributed by atoms with van der Waals surface area (Å²) in [5.74, 6) is 0.733. The van der Waals surface area contributed by atoms with Crippen molar-refractivity contribution in [3.05, 3.63) is 0 Å². The van der Waals surface area contributed by atoms with Crippen LogP contribution in [0.2, 0.25) is 0 Å². The van der Waals surface area contributed by atoms with Gasteiger partial charge in [0.1, 0.15) is 5.78 Å². The highest BCUT2D eigenvalue weighted by Crippen LogP contribution is 2.15. The molecule has 0 saturated heterocycles. The van der Waals surface area contributed by atoms with Crippen LogP contribution in [0.3, 0.4) is 0 Å². The molecule has 0 N–H and O–H groups in total. The van der Waals surface area contributed by atoms with Gasteiger partial charge in [0.25, 0.3) is 0 Å². The van der Waals surface area contributed by atoms with E-state index in [1.54, 1.807) is 0 Å². The first-order chi connectivity index (χ1) is 9.72. The third kappa shape index (κ3) is 12.7. The number of carbonyl (C=O) groups excluding carboxylic acids is 1. The van der Waals surface area contributed by atoms with Gasteiger partial charge in [-0.2, -0.15) is 0 Å². The molecule has 0 fully saturated rings. The maximum Gasteiger partial charge on any atom is 0.135 e. The van der Waals surface area contributed by atoms with Gasteiger partial charge >= 0.3 is 0 Å². The maximum absolute atomic E-state index is 11.4. The van der Waals surface area contributed by atoms with Gasteiger partial charge in [0, 0.05) is 12.3 Å². The van der Waals surface area contributed by atoms with Crippen molar-refractivity contribution in [3.8, 4) is 0 Å². The van der Waals surface area contributed by atoms with E-state index in [1.807, 2.05) is 6.92 Å². The molecule has 1 atom stereocenters. The van der Waals surface area contributed by atoms with Gasteiger partial charge in [-0.15, -0.1) is 0 Å². The molecule has 1 nitrogen and oxygen atoms in total. The van der Waals surface area contributed by atoms with Gasteiger partial charge in [0.2, 0.25) is 0 Å². The predicted octanol–water partition coefficient (Wildman–Crippen LogP) is 6.69. The zero-order chi connectivity index (χ0) is 15.1. The molecule has 1 heteroatoms. The molecule has 0 spiro atoms. The molecule has 0 bridgehead atoms. The van der Waals surface area contributed by atoms with Gasteiger partial charge in [0.15, 0.2) is 0 Å². The highest BCUT2D eigenvalue weighted by Gasteiger charge is 2.09. The molecule has 120 valence electrons. The summed E-state index contributed by atoms with van der Waals surface area (Å²) in [4.78, 5) is 11.4. The third-order valence-electron chi connectivity index (χ3n) is 4.39. The van der Waals surface area contributed by atoms with E-state index in [1.165, 1.54) is 77.0 Å². The van der Waals surface area contributed by atoms with Crippen LogP contribution >= 0.6 is 0 Å². The predicted molar refractivity (Wildman–Crippen MR) is 90.2 cm³/mol.